The first kappa shape index (κ1) is 14.3. The van der Waals surface area contributed by atoms with Gasteiger partial charge in [-0.05, 0) is 49.2 Å². The van der Waals surface area contributed by atoms with Gasteiger partial charge in [0.05, 0.1) is 12.9 Å². The van der Waals surface area contributed by atoms with Crippen LogP contribution < -0.4 is 0 Å². The van der Waals surface area contributed by atoms with E-state index in [0.29, 0.717) is 17.6 Å². The lowest BCUT2D eigenvalue weighted by molar-refractivity contribution is -0.127. The highest BCUT2D eigenvalue weighted by atomic mass is 16.5. The van der Waals surface area contributed by atoms with Crippen molar-refractivity contribution in [3.63, 3.8) is 0 Å². The predicted octanol–water partition coefficient (Wildman–Crippen LogP) is 4.58. The molecule has 0 aromatic heterocycles. The molecule has 1 fully saturated rings. The summed E-state index contributed by atoms with van der Waals surface area (Å²) in [6.07, 6.45) is 13.2. The van der Waals surface area contributed by atoms with Gasteiger partial charge in [0.15, 0.2) is 0 Å². The van der Waals surface area contributed by atoms with Crippen LogP contribution in [-0.4, -0.2) is 12.9 Å². The number of ketones is 1. The molecule has 0 N–H and O–H groups in total. The van der Waals surface area contributed by atoms with Crippen LogP contribution in [0.4, 0.5) is 0 Å². The van der Waals surface area contributed by atoms with E-state index in [-0.39, 0.29) is 10.8 Å². The molecule has 2 heteroatoms. The Morgan fingerprint density at radius 3 is 2.82 bits per heavy atom. The van der Waals surface area contributed by atoms with Crippen LogP contribution in [0.25, 0.3) is 0 Å². The number of ether oxygens (including phenoxy) is 1. The highest BCUT2D eigenvalue weighted by Crippen LogP contribution is 2.61. The van der Waals surface area contributed by atoms with Crippen molar-refractivity contribution >= 4 is 5.78 Å². The number of allylic oxidation sites excluding steroid dienone is 6. The van der Waals surface area contributed by atoms with E-state index in [0.717, 1.165) is 44.3 Å². The van der Waals surface area contributed by atoms with E-state index in [2.05, 4.69) is 32.1 Å². The van der Waals surface area contributed by atoms with Gasteiger partial charge < -0.3 is 4.74 Å². The summed E-state index contributed by atoms with van der Waals surface area (Å²) in [5.74, 6) is 2.75. The number of hydrogen-bond donors (Lipinski definition) is 0. The molecule has 4 rings (SSSR count). The summed E-state index contributed by atoms with van der Waals surface area (Å²) in [5, 5.41) is 0. The number of carbonyl (C=O) groups excluding carboxylic acids is 1. The van der Waals surface area contributed by atoms with Crippen molar-refractivity contribution in [3.8, 4) is 0 Å². The lowest BCUT2D eigenvalue weighted by Gasteiger charge is -2.50. The highest BCUT2D eigenvalue weighted by molar-refractivity contribution is 5.87. The average Bonchev–Trinajstić information content (AvgIpc) is 2.82. The van der Waals surface area contributed by atoms with Gasteiger partial charge >= 0.3 is 0 Å². The Bertz CT molecular complexity index is 624. The molecule has 4 aliphatic carbocycles. The fraction of sp³-hybridized carbons (Fsp3) is 0.650. The van der Waals surface area contributed by atoms with E-state index >= 15 is 0 Å². The third-order valence-corrected chi connectivity index (χ3v) is 7.09. The molecule has 4 aliphatic rings. The number of Topliss-reactive ketones (excluding diaryl/α,β-unsaturated/α-hetero) is 1. The third-order valence-electron chi connectivity index (χ3n) is 7.09. The monoisotopic (exact) mass is 298 g/mol. The Hall–Kier alpha value is -1.31. The quantitative estimate of drug-likeness (QED) is 0.662. The van der Waals surface area contributed by atoms with E-state index in [1.807, 2.05) is 0 Å². The van der Waals surface area contributed by atoms with Gasteiger partial charge in [-0.1, -0.05) is 31.6 Å². The molecule has 0 heterocycles. The van der Waals surface area contributed by atoms with Crippen LogP contribution in [0.15, 0.2) is 35.1 Å². The van der Waals surface area contributed by atoms with Crippen molar-refractivity contribution in [2.45, 2.75) is 52.4 Å². The maximum absolute atomic E-state index is 12.4. The van der Waals surface area contributed by atoms with Gasteiger partial charge in [0.1, 0.15) is 5.78 Å². The van der Waals surface area contributed by atoms with Crippen molar-refractivity contribution in [3.05, 3.63) is 35.1 Å². The first-order valence-electron chi connectivity index (χ1n) is 8.68. The number of rotatable bonds is 1. The maximum atomic E-state index is 12.4. The largest absolute Gasteiger partial charge is 0.501 e. The second-order valence-corrected chi connectivity index (χ2v) is 8.00. The van der Waals surface area contributed by atoms with Crippen molar-refractivity contribution in [1.82, 2.24) is 0 Å². The highest BCUT2D eigenvalue weighted by Gasteiger charge is 2.54. The van der Waals surface area contributed by atoms with Gasteiger partial charge in [-0.3, -0.25) is 4.79 Å². The van der Waals surface area contributed by atoms with E-state index in [9.17, 15) is 4.79 Å². The summed E-state index contributed by atoms with van der Waals surface area (Å²) >= 11 is 0. The van der Waals surface area contributed by atoms with E-state index < -0.39 is 0 Å². The summed E-state index contributed by atoms with van der Waals surface area (Å²) in [5.41, 5.74) is 3.13. The molecule has 0 aliphatic heterocycles. The Kier molecular flexibility index (Phi) is 2.99. The van der Waals surface area contributed by atoms with E-state index in [1.165, 1.54) is 5.57 Å². The molecule has 0 spiro atoms. The zero-order valence-corrected chi connectivity index (χ0v) is 13.9. The third kappa shape index (κ3) is 1.70. The minimum absolute atomic E-state index is 0.0853. The molecular formula is C20H26O2. The van der Waals surface area contributed by atoms with Gasteiger partial charge in [0.25, 0.3) is 0 Å². The lowest BCUT2D eigenvalue weighted by Crippen LogP contribution is -2.43. The van der Waals surface area contributed by atoms with Gasteiger partial charge in [0.2, 0.25) is 0 Å². The minimum atomic E-state index is -0.0853. The Morgan fingerprint density at radius 1 is 1.23 bits per heavy atom. The van der Waals surface area contributed by atoms with Gasteiger partial charge in [-0.25, -0.2) is 0 Å². The van der Waals surface area contributed by atoms with Crippen LogP contribution in [0, 0.1) is 22.7 Å². The predicted molar refractivity (Wildman–Crippen MR) is 87.2 cm³/mol. The summed E-state index contributed by atoms with van der Waals surface area (Å²) in [7, 11) is 1.77. The Morgan fingerprint density at radius 2 is 2.05 bits per heavy atom. The first-order valence-corrected chi connectivity index (χ1v) is 8.68. The van der Waals surface area contributed by atoms with Gasteiger partial charge in [-0.2, -0.15) is 0 Å². The van der Waals surface area contributed by atoms with Gasteiger partial charge in [-0.15, -0.1) is 0 Å². The number of methoxy groups -OCH3 is 1. The molecule has 2 nitrogen and oxygen atoms in total. The maximum Gasteiger partial charge on any atom is 0.139 e. The first-order chi connectivity index (χ1) is 10.5. The zero-order chi connectivity index (χ0) is 15.5. The van der Waals surface area contributed by atoms with Crippen LogP contribution in [-0.2, 0) is 9.53 Å². The fourth-order valence-corrected chi connectivity index (χ4v) is 5.56. The van der Waals surface area contributed by atoms with Crippen molar-refractivity contribution in [2.24, 2.45) is 22.7 Å². The summed E-state index contributed by atoms with van der Waals surface area (Å²) in [6, 6.07) is 0. The second-order valence-electron chi connectivity index (χ2n) is 8.00. The van der Waals surface area contributed by atoms with Crippen LogP contribution >= 0.6 is 0 Å². The van der Waals surface area contributed by atoms with Crippen LogP contribution in [0.5, 0.6) is 0 Å². The SMILES string of the molecule is COC1=CC2=CCC3C(=CCC4(C)C(=O)CCC34)C2(C)CC1. The summed E-state index contributed by atoms with van der Waals surface area (Å²) < 4.78 is 5.48. The molecular weight excluding hydrogens is 272 g/mol. The molecule has 0 aromatic carbocycles. The summed E-state index contributed by atoms with van der Waals surface area (Å²) in [4.78, 5) is 12.4. The number of fused-ring (bicyclic) bond motifs is 5. The fourth-order valence-electron chi connectivity index (χ4n) is 5.56. The second kappa shape index (κ2) is 4.59. The number of hydrogen-bond acceptors (Lipinski definition) is 2. The molecule has 0 saturated heterocycles. The van der Waals surface area contributed by atoms with E-state index in [4.69, 9.17) is 4.74 Å². The minimum Gasteiger partial charge on any atom is -0.501 e. The standard InChI is InChI=1S/C20H26O2/c1-19-10-8-14(22-3)12-13(19)4-5-15-16-6-7-18(21)20(16,2)11-9-17(15)19/h4,9,12,15-16H,5-8,10-11H2,1-3H3. The Labute approximate surface area is 133 Å². The van der Waals surface area contributed by atoms with Crippen molar-refractivity contribution < 1.29 is 9.53 Å². The van der Waals surface area contributed by atoms with Crippen molar-refractivity contribution in [2.75, 3.05) is 7.11 Å². The molecule has 118 valence electrons. The topological polar surface area (TPSA) is 26.3 Å². The van der Waals surface area contributed by atoms with Gasteiger partial charge in [0, 0.05) is 23.7 Å². The molecule has 4 unspecified atom stereocenters. The summed E-state index contributed by atoms with van der Waals surface area (Å²) in [6.45, 7) is 4.62. The molecule has 0 amide bonds. The van der Waals surface area contributed by atoms with E-state index in [1.54, 1.807) is 12.7 Å². The lowest BCUT2D eigenvalue weighted by atomic mass is 9.53. The zero-order valence-electron chi connectivity index (χ0n) is 13.9. The molecule has 4 atom stereocenters. The van der Waals surface area contributed by atoms with Crippen LogP contribution in [0.1, 0.15) is 52.4 Å². The number of carbonyl (C=O) groups is 1. The molecule has 0 radical (unpaired) electrons. The molecule has 0 bridgehead atoms. The average molecular weight is 298 g/mol. The van der Waals surface area contributed by atoms with Crippen LogP contribution in [0.3, 0.4) is 0 Å². The van der Waals surface area contributed by atoms with Crippen molar-refractivity contribution in [1.29, 1.82) is 0 Å². The smallest absolute Gasteiger partial charge is 0.139 e. The molecule has 0 aromatic rings. The molecule has 22 heavy (non-hydrogen) atoms. The van der Waals surface area contributed by atoms with Crippen LogP contribution in [0.2, 0.25) is 0 Å². The molecule has 1 saturated carbocycles. The Balaban J connectivity index is 1.76. The normalized spacial score (nSPS) is 43.4.